The molecule has 1 aliphatic heterocycles. The minimum Gasteiger partial charge on any atom is -0.306 e. The molecule has 1 aliphatic rings. The molecule has 1 N–H and O–H groups in total. The fraction of sp³-hybridized carbons (Fsp3) is 0.500. The van der Waals surface area contributed by atoms with E-state index in [0.717, 1.165) is 25.9 Å². The molecule has 0 radical (unpaired) electrons. The van der Waals surface area contributed by atoms with Crippen molar-refractivity contribution < 1.29 is 8.42 Å². The minimum absolute atomic E-state index is 0.153. The van der Waals surface area contributed by atoms with E-state index in [9.17, 15) is 8.42 Å². The standard InChI is InChI=1S/C14H19N3O2S/c1-17-7-3-5-13(11-17)10-16-20(18,19)14-6-2-4-12(8-14)9-15/h2,4,6,8,13,16H,3,5,7,10-11H2,1H3. The maximum Gasteiger partial charge on any atom is 0.240 e. The van der Waals surface area contributed by atoms with Crippen LogP contribution in [0.15, 0.2) is 29.2 Å². The summed E-state index contributed by atoms with van der Waals surface area (Å²) in [6.07, 6.45) is 2.15. The normalized spacial score (nSPS) is 20.5. The monoisotopic (exact) mass is 293 g/mol. The molecule has 2 rings (SSSR count). The maximum absolute atomic E-state index is 12.2. The van der Waals surface area contributed by atoms with Gasteiger partial charge in [-0.3, -0.25) is 0 Å². The third-order valence-corrected chi connectivity index (χ3v) is 4.98. The van der Waals surface area contributed by atoms with Crippen LogP contribution in [0.1, 0.15) is 18.4 Å². The predicted octanol–water partition coefficient (Wildman–Crippen LogP) is 1.18. The highest BCUT2D eigenvalue weighted by atomic mass is 32.2. The first-order valence-corrected chi connectivity index (χ1v) is 8.18. The molecule has 6 heteroatoms. The molecule has 1 fully saturated rings. The number of rotatable bonds is 4. The van der Waals surface area contributed by atoms with E-state index in [1.165, 1.54) is 12.1 Å². The van der Waals surface area contributed by atoms with Crippen molar-refractivity contribution in [3.63, 3.8) is 0 Å². The van der Waals surface area contributed by atoms with Crippen molar-refractivity contribution >= 4 is 10.0 Å². The van der Waals surface area contributed by atoms with Gasteiger partial charge in [-0.2, -0.15) is 5.26 Å². The van der Waals surface area contributed by atoms with Crippen molar-refractivity contribution in [2.24, 2.45) is 5.92 Å². The molecule has 20 heavy (non-hydrogen) atoms. The van der Waals surface area contributed by atoms with Crippen molar-refractivity contribution in [3.05, 3.63) is 29.8 Å². The number of hydrogen-bond acceptors (Lipinski definition) is 4. The summed E-state index contributed by atoms with van der Waals surface area (Å²) in [5.41, 5.74) is 0.352. The van der Waals surface area contributed by atoms with Crippen molar-refractivity contribution in [2.75, 3.05) is 26.7 Å². The molecule has 1 atom stereocenters. The average Bonchev–Trinajstić information content (AvgIpc) is 2.45. The number of benzene rings is 1. The number of nitrogens with zero attached hydrogens (tertiary/aromatic N) is 2. The van der Waals surface area contributed by atoms with Crippen molar-refractivity contribution in [1.82, 2.24) is 9.62 Å². The molecule has 1 aromatic rings. The van der Waals surface area contributed by atoms with Gasteiger partial charge >= 0.3 is 0 Å². The van der Waals surface area contributed by atoms with E-state index in [4.69, 9.17) is 5.26 Å². The molecule has 1 heterocycles. The Labute approximate surface area is 120 Å². The van der Waals surface area contributed by atoms with Crippen LogP contribution in [-0.2, 0) is 10.0 Å². The summed E-state index contributed by atoms with van der Waals surface area (Å²) in [7, 11) is -1.48. The fourth-order valence-electron chi connectivity index (χ4n) is 2.48. The maximum atomic E-state index is 12.2. The molecule has 0 aliphatic carbocycles. The third-order valence-electron chi connectivity index (χ3n) is 3.56. The van der Waals surface area contributed by atoms with Gasteiger partial charge in [0, 0.05) is 13.1 Å². The summed E-state index contributed by atoms with van der Waals surface area (Å²) >= 11 is 0. The molecule has 0 spiro atoms. The Balaban J connectivity index is 2.02. The molecule has 1 saturated heterocycles. The molecule has 0 amide bonds. The third kappa shape index (κ3) is 3.79. The van der Waals surface area contributed by atoms with Crippen molar-refractivity contribution in [2.45, 2.75) is 17.7 Å². The second-order valence-electron chi connectivity index (χ2n) is 5.26. The number of sulfonamides is 1. The summed E-state index contributed by atoms with van der Waals surface area (Å²) in [5.74, 6) is 0.350. The van der Waals surface area contributed by atoms with Gasteiger partial charge in [0.25, 0.3) is 0 Å². The molecule has 0 aromatic heterocycles. The molecule has 1 aromatic carbocycles. The highest BCUT2D eigenvalue weighted by Gasteiger charge is 2.20. The lowest BCUT2D eigenvalue weighted by molar-refractivity contribution is 0.211. The van der Waals surface area contributed by atoms with Gasteiger partial charge in [-0.1, -0.05) is 6.07 Å². The highest BCUT2D eigenvalue weighted by Crippen LogP contribution is 2.16. The van der Waals surface area contributed by atoms with Crippen LogP contribution in [0.25, 0.3) is 0 Å². The lowest BCUT2D eigenvalue weighted by atomic mass is 9.99. The van der Waals surface area contributed by atoms with Gasteiger partial charge in [0.15, 0.2) is 0 Å². The van der Waals surface area contributed by atoms with Crippen LogP contribution in [0.5, 0.6) is 0 Å². The first-order chi connectivity index (χ1) is 9.51. The molecule has 5 nitrogen and oxygen atoms in total. The Morgan fingerprint density at radius 1 is 1.50 bits per heavy atom. The molecule has 1 unspecified atom stereocenters. The summed E-state index contributed by atoms with van der Waals surface area (Å²) in [6, 6.07) is 8.04. The van der Waals surface area contributed by atoms with E-state index < -0.39 is 10.0 Å². The van der Waals surface area contributed by atoms with Crippen LogP contribution in [-0.4, -0.2) is 40.0 Å². The predicted molar refractivity (Wildman–Crippen MR) is 76.6 cm³/mol. The van der Waals surface area contributed by atoms with E-state index in [2.05, 4.69) is 16.7 Å². The first-order valence-electron chi connectivity index (χ1n) is 6.69. The van der Waals surface area contributed by atoms with Crippen LogP contribution in [0.4, 0.5) is 0 Å². The summed E-state index contributed by atoms with van der Waals surface area (Å²) in [4.78, 5) is 2.37. The van der Waals surface area contributed by atoms with Crippen LogP contribution >= 0.6 is 0 Å². The summed E-state index contributed by atoms with van der Waals surface area (Å²) in [5, 5.41) is 8.82. The molecular weight excluding hydrogens is 274 g/mol. The second kappa shape index (κ2) is 6.35. The van der Waals surface area contributed by atoms with Gasteiger partial charge in [-0.05, 0) is 50.6 Å². The van der Waals surface area contributed by atoms with E-state index in [0.29, 0.717) is 18.0 Å². The van der Waals surface area contributed by atoms with E-state index in [1.807, 2.05) is 6.07 Å². The largest absolute Gasteiger partial charge is 0.306 e. The Morgan fingerprint density at radius 3 is 3.00 bits per heavy atom. The summed E-state index contributed by atoms with van der Waals surface area (Å²) < 4.78 is 27.0. The number of likely N-dealkylation sites (tertiary alicyclic amines) is 1. The Morgan fingerprint density at radius 2 is 2.30 bits per heavy atom. The first kappa shape index (κ1) is 15.0. The Kier molecular flexibility index (Phi) is 4.76. The summed E-state index contributed by atoms with van der Waals surface area (Å²) in [6.45, 7) is 2.44. The zero-order valence-corrected chi connectivity index (χ0v) is 12.4. The smallest absolute Gasteiger partial charge is 0.240 e. The zero-order valence-electron chi connectivity index (χ0n) is 11.5. The van der Waals surface area contributed by atoms with Gasteiger partial charge in [0.05, 0.1) is 16.5 Å². The topological polar surface area (TPSA) is 73.2 Å². The van der Waals surface area contributed by atoms with Gasteiger partial charge in [-0.15, -0.1) is 0 Å². The molecule has 0 bridgehead atoms. The lowest BCUT2D eigenvalue weighted by Crippen LogP contribution is -2.39. The number of piperidine rings is 1. The van der Waals surface area contributed by atoms with Gasteiger partial charge in [0.1, 0.15) is 0 Å². The second-order valence-corrected chi connectivity index (χ2v) is 7.03. The SMILES string of the molecule is CN1CCCC(CNS(=O)(=O)c2cccc(C#N)c2)C1. The van der Waals surface area contributed by atoms with E-state index in [-0.39, 0.29) is 4.90 Å². The van der Waals surface area contributed by atoms with Crippen molar-refractivity contribution in [3.8, 4) is 6.07 Å². The lowest BCUT2D eigenvalue weighted by Gasteiger charge is -2.29. The van der Waals surface area contributed by atoms with Crippen LogP contribution in [0.3, 0.4) is 0 Å². The zero-order chi connectivity index (χ0) is 14.6. The number of nitrogens with one attached hydrogen (secondary N) is 1. The Bertz CT molecular complexity index is 607. The van der Waals surface area contributed by atoms with E-state index in [1.54, 1.807) is 12.1 Å². The quantitative estimate of drug-likeness (QED) is 0.904. The van der Waals surface area contributed by atoms with E-state index >= 15 is 0 Å². The van der Waals surface area contributed by atoms with Crippen LogP contribution < -0.4 is 4.72 Å². The van der Waals surface area contributed by atoms with Gasteiger partial charge in [0.2, 0.25) is 10.0 Å². The Hall–Kier alpha value is -1.42. The van der Waals surface area contributed by atoms with Gasteiger partial charge in [-0.25, -0.2) is 13.1 Å². The molecule has 0 saturated carbocycles. The van der Waals surface area contributed by atoms with Gasteiger partial charge < -0.3 is 4.90 Å². The number of nitriles is 1. The highest BCUT2D eigenvalue weighted by molar-refractivity contribution is 7.89. The van der Waals surface area contributed by atoms with Crippen molar-refractivity contribution in [1.29, 1.82) is 5.26 Å². The molecule has 108 valence electrons. The number of hydrogen-bond donors (Lipinski definition) is 1. The molecular formula is C14H19N3O2S. The van der Waals surface area contributed by atoms with Crippen LogP contribution in [0.2, 0.25) is 0 Å². The fourth-order valence-corrected chi connectivity index (χ4v) is 3.65. The average molecular weight is 293 g/mol. The minimum atomic E-state index is -3.53. The van der Waals surface area contributed by atoms with Crippen LogP contribution in [0, 0.1) is 17.2 Å².